The van der Waals surface area contributed by atoms with Crippen LogP contribution in [-0.2, 0) is 0 Å². The Balaban J connectivity index is 3.73. The highest BCUT2D eigenvalue weighted by Crippen LogP contribution is 2.08. The summed E-state index contributed by atoms with van der Waals surface area (Å²) in [4.78, 5) is 0. The quantitative estimate of drug-likeness (QED) is 0.538. The third-order valence-electron chi connectivity index (χ3n) is 1.73. The van der Waals surface area contributed by atoms with Crippen LogP contribution in [0.15, 0.2) is 0 Å². The monoisotopic (exact) mass is 160 g/mol. The topological polar surface area (TPSA) is 66.5 Å². The number of hydrogen-bond donors (Lipinski definition) is 3. The Bertz CT molecular complexity index is 104. The number of nitrogens with two attached hydrogens (primary N) is 1. The summed E-state index contributed by atoms with van der Waals surface area (Å²) in [6, 6.07) is -0.272. The van der Waals surface area contributed by atoms with Crippen molar-refractivity contribution >= 4 is 0 Å². The molecule has 0 saturated carbocycles. The SMILES string of the molecule is [CH2]C(O)CC(O)C(N)C(C)C. The Morgan fingerprint density at radius 3 is 2.09 bits per heavy atom. The van der Waals surface area contributed by atoms with Crippen LogP contribution in [0.1, 0.15) is 20.3 Å². The molecule has 0 amide bonds. The Morgan fingerprint density at radius 2 is 1.82 bits per heavy atom. The lowest BCUT2D eigenvalue weighted by Crippen LogP contribution is -2.40. The van der Waals surface area contributed by atoms with Crippen molar-refractivity contribution in [2.45, 2.75) is 38.5 Å². The summed E-state index contributed by atoms with van der Waals surface area (Å²) in [6.45, 7) is 7.23. The molecule has 1 radical (unpaired) electrons. The standard InChI is InChI=1S/C8H18NO2/c1-5(2)8(9)7(11)4-6(3)10/h5-8,10-11H,3-4,9H2,1-2H3. The minimum atomic E-state index is -0.727. The normalized spacial score (nSPS) is 19.9. The van der Waals surface area contributed by atoms with E-state index in [9.17, 15) is 5.11 Å². The van der Waals surface area contributed by atoms with E-state index in [2.05, 4.69) is 6.92 Å². The maximum atomic E-state index is 9.33. The Hall–Kier alpha value is -0.120. The van der Waals surface area contributed by atoms with Crippen LogP contribution in [0.3, 0.4) is 0 Å². The molecule has 67 valence electrons. The van der Waals surface area contributed by atoms with E-state index >= 15 is 0 Å². The van der Waals surface area contributed by atoms with Crippen molar-refractivity contribution in [2.24, 2.45) is 11.7 Å². The lowest BCUT2D eigenvalue weighted by molar-refractivity contribution is 0.0718. The molecule has 0 spiro atoms. The lowest BCUT2D eigenvalue weighted by atomic mass is 9.96. The largest absolute Gasteiger partial charge is 0.393 e. The molecule has 0 aliphatic carbocycles. The minimum Gasteiger partial charge on any atom is -0.393 e. The average Bonchev–Trinajstić information content (AvgIpc) is 1.84. The predicted molar refractivity (Wildman–Crippen MR) is 44.8 cm³/mol. The van der Waals surface area contributed by atoms with Gasteiger partial charge in [0.1, 0.15) is 0 Å². The van der Waals surface area contributed by atoms with Gasteiger partial charge < -0.3 is 15.9 Å². The van der Waals surface area contributed by atoms with Gasteiger partial charge in [0.05, 0.1) is 12.2 Å². The number of aliphatic hydroxyl groups excluding tert-OH is 2. The molecule has 3 nitrogen and oxygen atoms in total. The van der Waals surface area contributed by atoms with E-state index in [1.165, 1.54) is 0 Å². The molecule has 0 aliphatic rings. The first-order valence-corrected chi connectivity index (χ1v) is 3.90. The van der Waals surface area contributed by atoms with Gasteiger partial charge in [-0.3, -0.25) is 0 Å². The highest BCUT2D eigenvalue weighted by molar-refractivity contribution is 4.77. The van der Waals surface area contributed by atoms with Gasteiger partial charge in [-0.05, 0) is 12.8 Å². The van der Waals surface area contributed by atoms with E-state index in [1.54, 1.807) is 0 Å². The molecule has 0 rings (SSSR count). The van der Waals surface area contributed by atoms with Gasteiger partial charge in [-0.15, -0.1) is 0 Å². The molecule has 4 N–H and O–H groups in total. The second-order valence-electron chi connectivity index (χ2n) is 3.28. The fourth-order valence-corrected chi connectivity index (χ4v) is 0.880. The zero-order chi connectivity index (χ0) is 9.02. The first kappa shape index (κ1) is 10.9. The van der Waals surface area contributed by atoms with Crippen LogP contribution in [0.4, 0.5) is 0 Å². The van der Waals surface area contributed by atoms with Crippen molar-refractivity contribution in [1.29, 1.82) is 0 Å². The van der Waals surface area contributed by atoms with Crippen LogP contribution in [0.25, 0.3) is 0 Å². The summed E-state index contributed by atoms with van der Waals surface area (Å²) in [5, 5.41) is 18.2. The molecule has 0 saturated heterocycles. The molecule has 11 heavy (non-hydrogen) atoms. The number of aliphatic hydroxyl groups is 2. The van der Waals surface area contributed by atoms with Gasteiger partial charge >= 0.3 is 0 Å². The first-order valence-electron chi connectivity index (χ1n) is 3.90. The highest BCUT2D eigenvalue weighted by atomic mass is 16.3. The molecule has 0 fully saturated rings. The van der Waals surface area contributed by atoms with Gasteiger partial charge in [0.2, 0.25) is 0 Å². The van der Waals surface area contributed by atoms with Crippen molar-refractivity contribution in [1.82, 2.24) is 0 Å². The Morgan fingerprint density at radius 1 is 1.36 bits per heavy atom. The third kappa shape index (κ3) is 4.35. The summed E-state index contributed by atoms with van der Waals surface area (Å²) in [5.74, 6) is 0.226. The summed E-state index contributed by atoms with van der Waals surface area (Å²) >= 11 is 0. The van der Waals surface area contributed by atoms with Gasteiger partial charge in [-0.2, -0.15) is 0 Å². The maximum absolute atomic E-state index is 9.33. The van der Waals surface area contributed by atoms with Crippen molar-refractivity contribution in [2.75, 3.05) is 0 Å². The second-order valence-corrected chi connectivity index (χ2v) is 3.28. The summed E-state index contributed by atoms with van der Waals surface area (Å²) in [6.07, 6.45) is -1.13. The highest BCUT2D eigenvalue weighted by Gasteiger charge is 2.19. The number of hydrogen-bond acceptors (Lipinski definition) is 3. The summed E-state index contributed by atoms with van der Waals surface area (Å²) in [5.41, 5.74) is 5.62. The zero-order valence-corrected chi connectivity index (χ0v) is 7.20. The fourth-order valence-electron chi connectivity index (χ4n) is 0.880. The first-order chi connectivity index (χ1) is 4.95. The predicted octanol–water partition coefficient (Wildman–Crippen LogP) is -0.0843. The van der Waals surface area contributed by atoms with Gasteiger partial charge in [-0.1, -0.05) is 13.8 Å². The van der Waals surface area contributed by atoms with E-state index in [1.807, 2.05) is 13.8 Å². The fraction of sp³-hybridized carbons (Fsp3) is 0.875. The van der Waals surface area contributed by atoms with E-state index in [4.69, 9.17) is 10.8 Å². The van der Waals surface area contributed by atoms with Gasteiger partial charge in [-0.25, -0.2) is 0 Å². The Kier molecular flexibility index (Phi) is 4.65. The van der Waals surface area contributed by atoms with Gasteiger partial charge in [0, 0.05) is 12.5 Å². The molecule has 0 aromatic carbocycles. The molecule has 0 aliphatic heterocycles. The molecule has 0 aromatic rings. The van der Waals surface area contributed by atoms with Crippen LogP contribution in [0.5, 0.6) is 0 Å². The van der Waals surface area contributed by atoms with Crippen molar-refractivity contribution in [3.05, 3.63) is 6.92 Å². The van der Waals surface area contributed by atoms with Crippen LogP contribution >= 0.6 is 0 Å². The molecule has 3 atom stereocenters. The summed E-state index contributed by atoms with van der Waals surface area (Å²) < 4.78 is 0. The lowest BCUT2D eigenvalue weighted by Gasteiger charge is -2.22. The van der Waals surface area contributed by atoms with Crippen molar-refractivity contribution in [3.8, 4) is 0 Å². The van der Waals surface area contributed by atoms with E-state index in [0.717, 1.165) is 0 Å². The van der Waals surface area contributed by atoms with E-state index in [-0.39, 0.29) is 18.4 Å². The molecule has 3 unspecified atom stereocenters. The van der Waals surface area contributed by atoms with Gasteiger partial charge in [0.25, 0.3) is 0 Å². The number of rotatable bonds is 4. The molecule has 0 aromatic heterocycles. The minimum absolute atomic E-state index is 0.226. The van der Waals surface area contributed by atoms with Crippen LogP contribution in [0.2, 0.25) is 0 Å². The smallest absolute Gasteiger partial charge is 0.0718 e. The van der Waals surface area contributed by atoms with E-state index < -0.39 is 12.2 Å². The summed E-state index contributed by atoms with van der Waals surface area (Å²) in [7, 11) is 0. The molecular formula is C8H18NO2. The van der Waals surface area contributed by atoms with Gasteiger partial charge in [0.15, 0.2) is 0 Å². The maximum Gasteiger partial charge on any atom is 0.0718 e. The second kappa shape index (κ2) is 4.70. The van der Waals surface area contributed by atoms with Crippen molar-refractivity contribution in [3.63, 3.8) is 0 Å². The van der Waals surface area contributed by atoms with Crippen molar-refractivity contribution < 1.29 is 10.2 Å². The molecule has 0 bridgehead atoms. The molecule has 0 heterocycles. The third-order valence-corrected chi connectivity index (χ3v) is 1.73. The van der Waals surface area contributed by atoms with Crippen LogP contribution in [0, 0.1) is 12.8 Å². The molecular weight excluding hydrogens is 142 g/mol. The molecule has 3 heteroatoms. The average molecular weight is 160 g/mol. The van der Waals surface area contributed by atoms with E-state index in [0.29, 0.717) is 0 Å². The Labute approximate surface area is 68.2 Å². The zero-order valence-electron chi connectivity index (χ0n) is 7.20. The van der Waals surface area contributed by atoms with Crippen LogP contribution < -0.4 is 5.73 Å². The van der Waals surface area contributed by atoms with Crippen LogP contribution in [-0.4, -0.2) is 28.5 Å².